The Morgan fingerprint density at radius 1 is 1.43 bits per heavy atom. The van der Waals surface area contributed by atoms with Crippen molar-refractivity contribution in [2.24, 2.45) is 11.7 Å². The van der Waals surface area contributed by atoms with Crippen molar-refractivity contribution in [3.05, 3.63) is 24.3 Å². The lowest BCUT2D eigenvalue weighted by Gasteiger charge is -2.32. The van der Waals surface area contributed by atoms with Crippen LogP contribution in [0.3, 0.4) is 0 Å². The molecule has 0 aliphatic heterocycles. The van der Waals surface area contributed by atoms with Crippen molar-refractivity contribution in [3.8, 4) is 0 Å². The molecule has 6 heteroatoms. The SMILES string of the molecule is NC(=O)C1C=CC=CC1(Cl)C(F)(F)F. The Balaban J connectivity index is 3.13. The lowest BCUT2D eigenvalue weighted by atomic mass is 9.86. The van der Waals surface area contributed by atoms with E-state index in [-0.39, 0.29) is 0 Å². The van der Waals surface area contributed by atoms with Crippen LogP contribution in [0, 0.1) is 5.92 Å². The van der Waals surface area contributed by atoms with Crippen LogP contribution < -0.4 is 5.73 Å². The molecule has 1 amide bonds. The fourth-order valence-corrected chi connectivity index (χ4v) is 1.44. The molecule has 1 aliphatic carbocycles. The summed E-state index contributed by atoms with van der Waals surface area (Å²) >= 11 is 5.35. The number of nitrogens with two attached hydrogens (primary N) is 1. The highest BCUT2D eigenvalue weighted by Crippen LogP contribution is 2.45. The Labute approximate surface area is 83.2 Å². The van der Waals surface area contributed by atoms with Gasteiger partial charge in [-0.25, -0.2) is 0 Å². The summed E-state index contributed by atoms with van der Waals surface area (Å²) in [4.78, 5) is 8.05. The van der Waals surface area contributed by atoms with Gasteiger partial charge in [-0.05, 0) is 0 Å². The first-order chi connectivity index (χ1) is 6.29. The second kappa shape index (κ2) is 3.31. The second-order valence-electron chi connectivity index (χ2n) is 2.89. The molecule has 0 saturated carbocycles. The lowest BCUT2D eigenvalue weighted by Crippen LogP contribution is -2.49. The van der Waals surface area contributed by atoms with E-state index in [1.54, 1.807) is 0 Å². The average Bonchev–Trinajstić information content (AvgIpc) is 2.02. The summed E-state index contributed by atoms with van der Waals surface area (Å²) in [6.45, 7) is 0. The van der Waals surface area contributed by atoms with Crippen LogP contribution in [-0.2, 0) is 4.79 Å². The zero-order valence-electron chi connectivity index (χ0n) is 6.88. The largest absolute Gasteiger partial charge is 0.412 e. The van der Waals surface area contributed by atoms with Gasteiger partial charge in [-0.2, -0.15) is 13.2 Å². The molecule has 0 saturated heterocycles. The van der Waals surface area contributed by atoms with E-state index in [1.165, 1.54) is 6.08 Å². The molecular formula is C8H7ClF3NO. The van der Waals surface area contributed by atoms with Crippen LogP contribution in [0.4, 0.5) is 13.2 Å². The maximum Gasteiger partial charge on any atom is 0.412 e. The summed E-state index contributed by atoms with van der Waals surface area (Å²) in [5, 5.41) is 0. The summed E-state index contributed by atoms with van der Waals surface area (Å²) in [6, 6.07) is 0. The van der Waals surface area contributed by atoms with Crippen molar-refractivity contribution in [2.75, 3.05) is 0 Å². The fourth-order valence-electron chi connectivity index (χ4n) is 1.19. The Morgan fingerprint density at radius 3 is 2.36 bits per heavy atom. The van der Waals surface area contributed by atoms with Gasteiger partial charge in [0.25, 0.3) is 0 Å². The van der Waals surface area contributed by atoms with Gasteiger partial charge in [0.15, 0.2) is 4.87 Å². The molecule has 0 aromatic heterocycles. The van der Waals surface area contributed by atoms with Gasteiger partial charge in [-0.3, -0.25) is 4.79 Å². The topological polar surface area (TPSA) is 43.1 Å². The molecule has 0 fully saturated rings. The Bertz CT molecular complexity index is 310. The van der Waals surface area contributed by atoms with Crippen molar-refractivity contribution in [1.82, 2.24) is 0 Å². The van der Waals surface area contributed by atoms with E-state index in [9.17, 15) is 18.0 Å². The number of hydrogen-bond acceptors (Lipinski definition) is 1. The van der Waals surface area contributed by atoms with Gasteiger partial charge in [-0.1, -0.05) is 24.3 Å². The van der Waals surface area contributed by atoms with Crippen molar-refractivity contribution in [3.63, 3.8) is 0 Å². The van der Waals surface area contributed by atoms with Crippen molar-refractivity contribution in [2.45, 2.75) is 11.1 Å². The molecule has 0 heterocycles. The maximum atomic E-state index is 12.5. The Kier molecular flexibility index (Phi) is 2.63. The van der Waals surface area contributed by atoms with E-state index in [2.05, 4.69) is 0 Å². The molecule has 1 aliphatic rings. The van der Waals surface area contributed by atoms with Crippen LogP contribution in [0.5, 0.6) is 0 Å². The quantitative estimate of drug-likeness (QED) is 0.679. The van der Waals surface area contributed by atoms with Crippen LogP contribution >= 0.6 is 11.6 Å². The third-order valence-corrected chi connectivity index (χ3v) is 2.52. The molecule has 0 aromatic rings. The van der Waals surface area contributed by atoms with Gasteiger partial charge >= 0.3 is 6.18 Å². The Morgan fingerprint density at radius 2 is 2.00 bits per heavy atom. The van der Waals surface area contributed by atoms with E-state index >= 15 is 0 Å². The second-order valence-corrected chi connectivity index (χ2v) is 3.52. The molecule has 1 rings (SSSR count). The minimum absolute atomic E-state index is 0.726. The minimum atomic E-state index is -4.71. The number of allylic oxidation sites excluding steroid dienone is 3. The first-order valence-corrected chi connectivity index (χ1v) is 4.08. The summed E-state index contributed by atoms with van der Waals surface area (Å²) in [5.74, 6) is -2.66. The third kappa shape index (κ3) is 1.64. The number of primary amides is 1. The molecule has 2 atom stereocenters. The lowest BCUT2D eigenvalue weighted by molar-refractivity contribution is -0.163. The van der Waals surface area contributed by atoms with Gasteiger partial charge < -0.3 is 5.73 Å². The molecule has 0 aromatic carbocycles. The van der Waals surface area contributed by atoms with E-state index in [0.717, 1.165) is 18.2 Å². The molecular weight excluding hydrogens is 219 g/mol. The fraction of sp³-hybridized carbons (Fsp3) is 0.375. The van der Waals surface area contributed by atoms with Crippen molar-refractivity contribution < 1.29 is 18.0 Å². The number of carbonyl (C=O) groups is 1. The van der Waals surface area contributed by atoms with Crippen LogP contribution in [0.25, 0.3) is 0 Å². The summed E-state index contributed by atoms with van der Waals surface area (Å²) < 4.78 is 37.5. The zero-order chi connectivity index (χ0) is 11.0. The van der Waals surface area contributed by atoms with E-state index in [0.29, 0.717) is 0 Å². The first-order valence-electron chi connectivity index (χ1n) is 3.70. The van der Waals surface area contributed by atoms with Crippen LogP contribution in [0.2, 0.25) is 0 Å². The predicted octanol–water partition coefficient (Wildman–Crippen LogP) is 1.75. The number of hydrogen-bond donors (Lipinski definition) is 1. The van der Waals surface area contributed by atoms with Crippen LogP contribution in [0.15, 0.2) is 24.3 Å². The van der Waals surface area contributed by atoms with Crippen LogP contribution in [-0.4, -0.2) is 17.0 Å². The molecule has 0 spiro atoms. The summed E-state index contributed by atoms with van der Waals surface area (Å²) in [6.07, 6.45) is -0.496. The number of carbonyl (C=O) groups excluding carboxylic acids is 1. The standard InChI is InChI=1S/C8H7ClF3NO/c9-7(8(10,11)12)4-2-1-3-5(7)6(13)14/h1-5H,(H2,13,14). The number of amides is 1. The van der Waals surface area contributed by atoms with Gasteiger partial charge in [0.05, 0.1) is 5.92 Å². The molecule has 14 heavy (non-hydrogen) atoms. The monoisotopic (exact) mass is 225 g/mol. The number of halogens is 4. The van der Waals surface area contributed by atoms with E-state index in [1.807, 2.05) is 0 Å². The average molecular weight is 226 g/mol. The molecule has 2 nitrogen and oxygen atoms in total. The molecule has 0 bridgehead atoms. The third-order valence-electron chi connectivity index (χ3n) is 1.95. The highest BCUT2D eigenvalue weighted by atomic mass is 35.5. The predicted molar refractivity (Wildman–Crippen MR) is 45.6 cm³/mol. The Hall–Kier alpha value is -0.970. The normalized spacial score (nSPS) is 31.9. The summed E-state index contributed by atoms with van der Waals surface area (Å²) in [7, 11) is 0. The van der Waals surface area contributed by atoms with Gasteiger partial charge in [0.1, 0.15) is 0 Å². The number of alkyl halides is 4. The van der Waals surface area contributed by atoms with Gasteiger partial charge in [-0.15, -0.1) is 11.6 Å². The van der Waals surface area contributed by atoms with Gasteiger partial charge in [0.2, 0.25) is 5.91 Å². The molecule has 2 N–H and O–H groups in total. The van der Waals surface area contributed by atoms with Gasteiger partial charge in [0, 0.05) is 0 Å². The van der Waals surface area contributed by atoms with Crippen LogP contribution in [0.1, 0.15) is 0 Å². The zero-order valence-corrected chi connectivity index (χ0v) is 7.64. The van der Waals surface area contributed by atoms with E-state index < -0.39 is 22.9 Å². The smallest absolute Gasteiger partial charge is 0.369 e. The molecule has 78 valence electrons. The maximum absolute atomic E-state index is 12.5. The molecule has 2 unspecified atom stereocenters. The van der Waals surface area contributed by atoms with Crippen molar-refractivity contribution in [1.29, 1.82) is 0 Å². The number of rotatable bonds is 1. The highest BCUT2D eigenvalue weighted by Gasteiger charge is 2.58. The minimum Gasteiger partial charge on any atom is -0.369 e. The first kappa shape index (κ1) is 11.1. The van der Waals surface area contributed by atoms with E-state index in [4.69, 9.17) is 17.3 Å². The van der Waals surface area contributed by atoms with Crippen molar-refractivity contribution >= 4 is 17.5 Å². The molecule has 0 radical (unpaired) electrons. The summed E-state index contributed by atoms with van der Waals surface area (Å²) in [5.41, 5.74) is 4.83. The highest BCUT2D eigenvalue weighted by molar-refractivity contribution is 6.28.